The molecule has 0 aromatic rings. The van der Waals surface area contributed by atoms with Gasteiger partial charge < -0.3 is 9.05 Å². The van der Waals surface area contributed by atoms with E-state index in [0.717, 1.165) is 11.7 Å². The highest BCUT2D eigenvalue weighted by Crippen LogP contribution is 2.59. The first-order valence-electron chi connectivity index (χ1n) is 3.78. The van der Waals surface area contributed by atoms with Crippen LogP contribution >= 0.6 is 7.60 Å². The number of hydrogen-bond donors (Lipinski definition) is 0. The highest BCUT2D eigenvalue weighted by Gasteiger charge is 2.32. The first-order chi connectivity index (χ1) is 5.23. The molecular formula is C7H13O3P. The number of hydrogen-bond acceptors (Lipinski definition) is 3. The first kappa shape index (κ1) is 8.98. The second kappa shape index (κ2) is 3.53. The molecule has 64 valence electrons. The lowest BCUT2D eigenvalue weighted by Gasteiger charge is -2.10. The number of allylic oxidation sites excluding steroid dienone is 2. The molecule has 0 unspecified atom stereocenters. The third-order valence-corrected chi connectivity index (χ3v) is 3.98. The summed E-state index contributed by atoms with van der Waals surface area (Å²) < 4.78 is 21.8. The van der Waals surface area contributed by atoms with Crippen molar-refractivity contribution in [3.8, 4) is 0 Å². The van der Waals surface area contributed by atoms with E-state index in [4.69, 9.17) is 9.05 Å². The van der Waals surface area contributed by atoms with Gasteiger partial charge in [-0.3, -0.25) is 4.57 Å². The third kappa shape index (κ3) is 1.73. The third-order valence-electron chi connectivity index (χ3n) is 1.65. The average molecular weight is 176 g/mol. The molecule has 0 aliphatic carbocycles. The van der Waals surface area contributed by atoms with E-state index >= 15 is 0 Å². The Balaban J connectivity index is 2.78. The Labute approximate surface area is 66.9 Å². The molecule has 0 aromatic heterocycles. The Hall–Kier alpha value is -0.110. The van der Waals surface area contributed by atoms with Gasteiger partial charge in [-0.25, -0.2) is 0 Å². The van der Waals surface area contributed by atoms with Crippen molar-refractivity contribution in [2.75, 3.05) is 13.2 Å². The molecule has 1 aliphatic rings. The lowest BCUT2D eigenvalue weighted by atomic mass is 10.4. The minimum atomic E-state index is -2.82. The molecule has 11 heavy (non-hydrogen) atoms. The van der Waals surface area contributed by atoms with Crippen LogP contribution < -0.4 is 0 Å². The molecule has 0 atom stereocenters. The van der Waals surface area contributed by atoms with E-state index < -0.39 is 7.60 Å². The van der Waals surface area contributed by atoms with Gasteiger partial charge >= 0.3 is 7.60 Å². The average Bonchev–Trinajstić information content (AvgIpc) is 2.39. The molecule has 0 radical (unpaired) electrons. The van der Waals surface area contributed by atoms with Crippen molar-refractivity contribution < 1.29 is 13.6 Å². The monoisotopic (exact) mass is 176 g/mol. The molecular weight excluding hydrogens is 163 g/mol. The van der Waals surface area contributed by atoms with Crippen LogP contribution in [0.1, 0.15) is 20.3 Å². The lowest BCUT2D eigenvalue weighted by Crippen LogP contribution is -1.85. The smallest absolute Gasteiger partial charge is 0.303 e. The molecule has 4 heteroatoms. The van der Waals surface area contributed by atoms with Crippen molar-refractivity contribution >= 4 is 7.60 Å². The van der Waals surface area contributed by atoms with Gasteiger partial charge in [-0.05, 0) is 13.3 Å². The Morgan fingerprint density at radius 1 is 1.55 bits per heavy atom. The summed E-state index contributed by atoms with van der Waals surface area (Å²) in [6.45, 7) is 4.70. The van der Waals surface area contributed by atoms with E-state index in [1.54, 1.807) is 0 Å². The highest BCUT2D eigenvalue weighted by molar-refractivity contribution is 7.58. The SMILES string of the molecule is C/C=C(\CC)P1(=O)OCCO1. The van der Waals surface area contributed by atoms with Gasteiger partial charge in [-0.1, -0.05) is 13.0 Å². The van der Waals surface area contributed by atoms with Gasteiger partial charge in [-0.2, -0.15) is 0 Å². The van der Waals surface area contributed by atoms with Crippen molar-refractivity contribution in [1.29, 1.82) is 0 Å². The van der Waals surface area contributed by atoms with Gasteiger partial charge in [0.1, 0.15) is 0 Å². The molecule has 0 saturated carbocycles. The van der Waals surface area contributed by atoms with Crippen LogP contribution in [0.5, 0.6) is 0 Å². The topological polar surface area (TPSA) is 35.5 Å². The fraction of sp³-hybridized carbons (Fsp3) is 0.714. The molecule has 3 nitrogen and oxygen atoms in total. The summed E-state index contributed by atoms with van der Waals surface area (Å²) in [4.78, 5) is 0. The predicted molar refractivity (Wildman–Crippen MR) is 43.6 cm³/mol. The quantitative estimate of drug-likeness (QED) is 0.606. The van der Waals surface area contributed by atoms with Crippen LogP contribution in [0.4, 0.5) is 0 Å². The Morgan fingerprint density at radius 3 is 2.45 bits per heavy atom. The summed E-state index contributed by atoms with van der Waals surface area (Å²) in [6, 6.07) is 0. The van der Waals surface area contributed by atoms with E-state index in [1.165, 1.54) is 0 Å². The summed E-state index contributed by atoms with van der Waals surface area (Å²) in [6.07, 6.45) is 2.54. The largest absolute Gasteiger partial charge is 0.357 e. The molecule has 0 amide bonds. The Morgan fingerprint density at radius 2 is 2.09 bits per heavy atom. The van der Waals surface area contributed by atoms with Crippen LogP contribution in [-0.4, -0.2) is 13.2 Å². The van der Waals surface area contributed by atoms with E-state index in [0.29, 0.717) is 13.2 Å². The summed E-state index contributed by atoms with van der Waals surface area (Å²) in [5.41, 5.74) is 0. The van der Waals surface area contributed by atoms with Crippen LogP contribution in [0.3, 0.4) is 0 Å². The van der Waals surface area contributed by atoms with Gasteiger partial charge in [0.05, 0.1) is 13.2 Å². The van der Waals surface area contributed by atoms with E-state index in [-0.39, 0.29) is 0 Å². The summed E-state index contributed by atoms with van der Waals surface area (Å²) in [5, 5.41) is 0.787. The van der Waals surface area contributed by atoms with Crippen molar-refractivity contribution in [3.63, 3.8) is 0 Å². The lowest BCUT2D eigenvalue weighted by molar-refractivity contribution is 0.359. The molecule has 1 rings (SSSR count). The van der Waals surface area contributed by atoms with E-state index in [9.17, 15) is 4.57 Å². The Bertz CT molecular complexity index is 200. The molecule has 1 fully saturated rings. The van der Waals surface area contributed by atoms with Crippen LogP contribution in [0, 0.1) is 0 Å². The van der Waals surface area contributed by atoms with E-state index in [1.807, 2.05) is 19.9 Å². The normalized spacial score (nSPS) is 24.0. The summed E-state index contributed by atoms with van der Waals surface area (Å²) in [7, 11) is -2.82. The fourth-order valence-electron chi connectivity index (χ4n) is 1.07. The second-order valence-electron chi connectivity index (χ2n) is 2.30. The first-order valence-corrected chi connectivity index (χ1v) is 5.32. The molecule has 0 aromatic carbocycles. The second-order valence-corrected chi connectivity index (χ2v) is 4.38. The maximum absolute atomic E-state index is 11.7. The van der Waals surface area contributed by atoms with Crippen LogP contribution in [0.25, 0.3) is 0 Å². The van der Waals surface area contributed by atoms with Gasteiger partial charge in [0, 0.05) is 5.31 Å². The van der Waals surface area contributed by atoms with Crippen molar-refractivity contribution in [3.05, 3.63) is 11.4 Å². The van der Waals surface area contributed by atoms with Gasteiger partial charge in [-0.15, -0.1) is 0 Å². The molecule has 1 aliphatic heterocycles. The molecule has 1 saturated heterocycles. The van der Waals surface area contributed by atoms with Crippen molar-refractivity contribution in [1.82, 2.24) is 0 Å². The standard InChI is InChI=1S/C7H13O3P/c1-3-7(4-2)11(8)9-5-6-10-11/h3H,4-6H2,1-2H3/b7-3+. The van der Waals surface area contributed by atoms with Crippen LogP contribution in [-0.2, 0) is 13.6 Å². The minimum absolute atomic E-state index is 0.453. The molecule has 0 N–H and O–H groups in total. The van der Waals surface area contributed by atoms with Crippen LogP contribution in [0.2, 0.25) is 0 Å². The van der Waals surface area contributed by atoms with Crippen LogP contribution in [0.15, 0.2) is 11.4 Å². The molecule has 0 bridgehead atoms. The summed E-state index contributed by atoms with van der Waals surface area (Å²) >= 11 is 0. The molecule has 1 heterocycles. The van der Waals surface area contributed by atoms with Crippen molar-refractivity contribution in [2.45, 2.75) is 20.3 Å². The zero-order chi connectivity index (χ0) is 8.32. The van der Waals surface area contributed by atoms with Gasteiger partial charge in [0.2, 0.25) is 0 Å². The maximum atomic E-state index is 11.7. The zero-order valence-electron chi connectivity index (χ0n) is 6.87. The van der Waals surface area contributed by atoms with Gasteiger partial charge in [0.25, 0.3) is 0 Å². The summed E-state index contributed by atoms with van der Waals surface area (Å²) in [5.74, 6) is 0. The predicted octanol–water partition coefficient (Wildman–Crippen LogP) is 2.54. The Kier molecular flexibility index (Phi) is 2.88. The van der Waals surface area contributed by atoms with Crippen molar-refractivity contribution in [2.24, 2.45) is 0 Å². The number of rotatable bonds is 2. The van der Waals surface area contributed by atoms with Gasteiger partial charge in [0.15, 0.2) is 0 Å². The highest BCUT2D eigenvalue weighted by atomic mass is 31.2. The zero-order valence-corrected chi connectivity index (χ0v) is 7.77. The van der Waals surface area contributed by atoms with E-state index in [2.05, 4.69) is 0 Å². The maximum Gasteiger partial charge on any atom is 0.357 e. The fourth-order valence-corrected chi connectivity index (χ4v) is 2.81. The minimum Gasteiger partial charge on any atom is -0.303 e. The molecule has 0 spiro atoms.